The minimum atomic E-state index is -0.683. The molecule has 0 aromatic carbocycles. The maximum absolute atomic E-state index is 12.4. The Hall–Kier alpha value is -1.59. The predicted octanol–water partition coefficient (Wildman–Crippen LogP) is 8.80. The van der Waals surface area contributed by atoms with Crippen molar-refractivity contribution in [3.63, 3.8) is 0 Å². The van der Waals surface area contributed by atoms with Crippen LogP contribution in [0.3, 0.4) is 0 Å². The molecule has 37 heavy (non-hydrogen) atoms. The molecule has 0 saturated heterocycles. The molecule has 0 aliphatic rings. The Morgan fingerprint density at radius 1 is 0.703 bits per heavy atom. The van der Waals surface area contributed by atoms with E-state index in [0.29, 0.717) is 31.7 Å². The van der Waals surface area contributed by atoms with Crippen molar-refractivity contribution in [3.05, 3.63) is 0 Å². The summed E-state index contributed by atoms with van der Waals surface area (Å²) in [6, 6.07) is 0. The van der Waals surface area contributed by atoms with Crippen molar-refractivity contribution in [2.24, 2.45) is 11.8 Å². The monoisotopic (exact) mass is 525 g/mol. The van der Waals surface area contributed by atoms with Gasteiger partial charge < -0.3 is 14.7 Å². The van der Waals surface area contributed by atoms with Gasteiger partial charge in [0.2, 0.25) is 0 Å². The summed E-state index contributed by atoms with van der Waals surface area (Å²) >= 11 is 0. The zero-order valence-corrected chi connectivity index (χ0v) is 24.5. The van der Waals surface area contributed by atoms with Crippen molar-refractivity contribution in [2.75, 3.05) is 19.7 Å². The van der Waals surface area contributed by atoms with Crippen molar-refractivity contribution < 1.29 is 24.2 Å². The van der Waals surface area contributed by atoms with Gasteiger partial charge in [0.25, 0.3) is 0 Å². The van der Waals surface area contributed by atoms with Crippen LogP contribution in [0.15, 0.2) is 0 Å². The van der Waals surface area contributed by atoms with Crippen molar-refractivity contribution >= 4 is 18.3 Å². The Bertz CT molecular complexity index is 544. The number of carboxylic acids is 1. The molecule has 0 aliphatic carbocycles. The van der Waals surface area contributed by atoms with Crippen LogP contribution in [0.5, 0.6) is 0 Å². The first-order valence-electron chi connectivity index (χ1n) is 15.6. The number of aliphatic carboxylic acids is 1. The number of unbranched alkanes of at least 4 members (excludes halogenated alkanes) is 12. The summed E-state index contributed by atoms with van der Waals surface area (Å²) in [7, 11) is 0. The zero-order valence-electron chi connectivity index (χ0n) is 24.5. The maximum Gasteiger partial charge on any atom is 0.410 e. The van der Waals surface area contributed by atoms with Crippen molar-refractivity contribution in [1.29, 1.82) is 0 Å². The van der Waals surface area contributed by atoms with E-state index in [1.165, 1.54) is 77.0 Å². The molecule has 1 atom stereocenters. The van der Waals surface area contributed by atoms with Crippen LogP contribution in [-0.4, -0.2) is 48.1 Å². The van der Waals surface area contributed by atoms with Gasteiger partial charge in [0, 0.05) is 13.1 Å². The summed E-state index contributed by atoms with van der Waals surface area (Å²) in [5, 5.41) is 9.88. The number of hydrogen-bond donors (Lipinski definition) is 1. The number of nitrogens with zero attached hydrogens (tertiary/aromatic N) is 1. The smallest absolute Gasteiger partial charge is 0.410 e. The summed E-state index contributed by atoms with van der Waals surface area (Å²) in [6.45, 7) is 7.60. The van der Waals surface area contributed by atoms with Gasteiger partial charge in [-0.2, -0.15) is 0 Å². The van der Waals surface area contributed by atoms with Crippen LogP contribution in [0.4, 0.5) is 4.79 Å². The fourth-order valence-electron chi connectivity index (χ4n) is 5.11. The molecule has 0 saturated carbocycles. The second-order valence-electron chi connectivity index (χ2n) is 10.8. The van der Waals surface area contributed by atoms with E-state index in [9.17, 15) is 19.5 Å². The van der Waals surface area contributed by atoms with E-state index in [4.69, 9.17) is 4.74 Å². The number of carbonyl (C=O) groups is 3. The fourth-order valence-corrected chi connectivity index (χ4v) is 5.11. The highest BCUT2D eigenvalue weighted by Gasteiger charge is 2.22. The summed E-state index contributed by atoms with van der Waals surface area (Å²) < 4.78 is 5.06. The Labute approximate surface area is 228 Å². The van der Waals surface area contributed by atoms with Gasteiger partial charge in [-0.25, -0.2) is 4.79 Å². The van der Waals surface area contributed by atoms with Crippen LogP contribution in [0.2, 0.25) is 0 Å². The summed E-state index contributed by atoms with van der Waals surface area (Å²) in [4.78, 5) is 36.8. The van der Waals surface area contributed by atoms with Gasteiger partial charge in [0.1, 0.15) is 6.61 Å². The number of aldehydes is 1. The van der Waals surface area contributed by atoms with Gasteiger partial charge in [-0.15, -0.1) is 0 Å². The molecule has 0 aliphatic heterocycles. The van der Waals surface area contributed by atoms with Gasteiger partial charge >= 0.3 is 12.1 Å². The van der Waals surface area contributed by atoms with Crippen molar-refractivity contribution in [1.82, 2.24) is 4.90 Å². The molecule has 0 rings (SSSR count). The molecule has 0 spiro atoms. The molecule has 1 N–H and O–H groups in total. The van der Waals surface area contributed by atoms with E-state index in [-0.39, 0.29) is 12.5 Å². The highest BCUT2D eigenvalue weighted by atomic mass is 16.6. The molecule has 0 aromatic heterocycles. The molecule has 6 nitrogen and oxygen atoms in total. The number of carboxylic acid groups (broad SMARTS) is 1. The number of ether oxygens (including phenoxy) is 1. The van der Waals surface area contributed by atoms with Crippen molar-refractivity contribution in [3.8, 4) is 0 Å². The first kappa shape index (κ1) is 35.4. The highest BCUT2D eigenvalue weighted by molar-refractivity contribution is 5.70. The number of amides is 1. The highest BCUT2D eigenvalue weighted by Crippen LogP contribution is 2.27. The van der Waals surface area contributed by atoms with Gasteiger partial charge in [-0.1, -0.05) is 124 Å². The molecular weight excluding hydrogens is 466 g/mol. The zero-order chi connectivity index (χ0) is 27.6. The van der Waals surface area contributed by atoms with Gasteiger partial charge in [-0.05, 0) is 31.6 Å². The Morgan fingerprint density at radius 3 is 1.68 bits per heavy atom. The molecule has 0 aromatic rings. The summed E-state index contributed by atoms with van der Waals surface area (Å²) in [6.07, 6.45) is 22.2. The van der Waals surface area contributed by atoms with Crippen LogP contribution in [0, 0.1) is 11.8 Å². The van der Waals surface area contributed by atoms with Crippen LogP contribution in [0.25, 0.3) is 0 Å². The van der Waals surface area contributed by atoms with E-state index in [2.05, 4.69) is 20.8 Å². The Balaban J connectivity index is 4.61. The van der Waals surface area contributed by atoms with E-state index >= 15 is 0 Å². The maximum atomic E-state index is 12.4. The molecule has 1 amide bonds. The molecule has 0 heterocycles. The summed E-state index contributed by atoms with van der Waals surface area (Å²) in [5.74, 6) is -0.496. The van der Waals surface area contributed by atoms with Crippen LogP contribution >= 0.6 is 0 Å². The predicted molar refractivity (Wildman–Crippen MR) is 153 cm³/mol. The molecule has 0 radical (unpaired) electrons. The van der Waals surface area contributed by atoms with E-state index in [1.54, 1.807) is 4.90 Å². The van der Waals surface area contributed by atoms with Crippen LogP contribution < -0.4 is 0 Å². The fraction of sp³-hybridized carbons (Fsp3) is 0.903. The third-order valence-electron chi connectivity index (χ3n) is 7.44. The quantitative estimate of drug-likeness (QED) is 0.0855. The SMILES string of the molecule is CCCCCCCCCCN(CCCCC(CC(CCCCC)CCCCC)C(=O)O)C(=O)OCC=O. The lowest BCUT2D eigenvalue weighted by atomic mass is 9.84. The standard InChI is InChI=1S/C31H59NO5/c1-4-7-10-11-12-13-14-18-23-32(31(36)37-26-25-33)24-19-17-22-29(30(34)35)27-28(20-15-8-5-2)21-16-9-6-3/h25,28-29H,4-24,26-27H2,1-3H3,(H,34,35). The number of carbonyl (C=O) groups excluding carboxylic acids is 2. The van der Waals surface area contributed by atoms with Gasteiger partial charge in [-0.3, -0.25) is 9.59 Å². The minimum absolute atomic E-state index is 0.217. The summed E-state index contributed by atoms with van der Waals surface area (Å²) in [5.41, 5.74) is 0. The van der Waals surface area contributed by atoms with E-state index in [0.717, 1.165) is 44.9 Å². The molecule has 1 unspecified atom stereocenters. The Morgan fingerprint density at radius 2 is 1.16 bits per heavy atom. The average Bonchev–Trinajstić information content (AvgIpc) is 2.88. The molecule has 6 heteroatoms. The first-order valence-corrected chi connectivity index (χ1v) is 15.6. The Kier molecular flexibility index (Phi) is 24.9. The second-order valence-corrected chi connectivity index (χ2v) is 10.8. The lowest BCUT2D eigenvalue weighted by Crippen LogP contribution is -2.34. The number of rotatable bonds is 27. The number of hydrogen-bond acceptors (Lipinski definition) is 4. The van der Waals surface area contributed by atoms with Crippen LogP contribution in [0.1, 0.15) is 149 Å². The lowest BCUT2D eigenvalue weighted by molar-refractivity contribution is -0.142. The second kappa shape index (κ2) is 26.0. The third-order valence-corrected chi connectivity index (χ3v) is 7.44. The molecule has 0 bridgehead atoms. The van der Waals surface area contributed by atoms with E-state index < -0.39 is 12.1 Å². The first-order chi connectivity index (χ1) is 18.0. The average molecular weight is 526 g/mol. The van der Waals surface area contributed by atoms with Crippen molar-refractivity contribution in [2.45, 2.75) is 149 Å². The van der Waals surface area contributed by atoms with Gasteiger partial charge in [0.05, 0.1) is 5.92 Å². The largest absolute Gasteiger partial charge is 0.481 e. The van der Waals surface area contributed by atoms with E-state index in [1.807, 2.05) is 0 Å². The topological polar surface area (TPSA) is 83.9 Å². The van der Waals surface area contributed by atoms with Gasteiger partial charge in [0.15, 0.2) is 6.29 Å². The van der Waals surface area contributed by atoms with Crippen LogP contribution in [-0.2, 0) is 14.3 Å². The lowest BCUT2D eigenvalue weighted by Gasteiger charge is -2.23. The minimum Gasteiger partial charge on any atom is -0.481 e. The molecule has 218 valence electrons. The third kappa shape index (κ3) is 21.1. The molecular formula is C31H59NO5. The normalized spacial score (nSPS) is 12.0. The molecule has 0 fully saturated rings.